The summed E-state index contributed by atoms with van der Waals surface area (Å²) in [6, 6.07) is 6.22. The smallest absolute Gasteiger partial charge is 0.340 e. The summed E-state index contributed by atoms with van der Waals surface area (Å²) in [5, 5.41) is -0.0642. The van der Waals surface area contributed by atoms with Gasteiger partial charge in [0.05, 0.1) is 34.5 Å². The molecular weight excluding hydrogens is 465 g/mol. The Morgan fingerprint density at radius 1 is 1.23 bits per heavy atom. The third-order valence-electron chi connectivity index (χ3n) is 4.91. The number of hydrogen-bond acceptors (Lipinski definition) is 6. The van der Waals surface area contributed by atoms with E-state index in [0.717, 1.165) is 17.3 Å². The first kappa shape index (κ1) is 22.0. The Morgan fingerprint density at radius 3 is 2.68 bits per heavy atom. The van der Waals surface area contributed by atoms with E-state index < -0.39 is 16.0 Å². The maximum Gasteiger partial charge on any atom is 0.340 e. The number of pyridine rings is 1. The number of fused-ring (bicyclic) bond motifs is 1. The molecule has 1 saturated heterocycles. The number of rotatable bonds is 5. The zero-order valence-corrected chi connectivity index (χ0v) is 18.9. The van der Waals surface area contributed by atoms with Crippen LogP contribution >= 0.6 is 23.2 Å². The maximum absolute atomic E-state index is 13.0. The van der Waals surface area contributed by atoms with Crippen LogP contribution in [-0.2, 0) is 26.1 Å². The van der Waals surface area contributed by atoms with Gasteiger partial charge in [0.15, 0.2) is 0 Å². The Morgan fingerprint density at radius 2 is 1.97 bits per heavy atom. The third kappa shape index (κ3) is 4.42. The molecule has 2 aromatic heterocycles. The Labute approximate surface area is 189 Å². The van der Waals surface area contributed by atoms with Crippen LogP contribution in [0, 0.1) is 6.92 Å². The van der Waals surface area contributed by atoms with Gasteiger partial charge in [-0.1, -0.05) is 29.3 Å². The van der Waals surface area contributed by atoms with Crippen molar-refractivity contribution in [1.29, 1.82) is 0 Å². The molecule has 164 valence electrons. The van der Waals surface area contributed by atoms with Gasteiger partial charge in [-0.2, -0.15) is 4.31 Å². The molecular formula is C20H19Cl2N3O5S. The second kappa shape index (κ2) is 8.76. The van der Waals surface area contributed by atoms with Crippen LogP contribution in [0.15, 0.2) is 41.6 Å². The van der Waals surface area contributed by atoms with Crippen molar-refractivity contribution in [2.75, 3.05) is 26.3 Å². The number of imidazole rings is 1. The highest BCUT2D eigenvalue weighted by Gasteiger charge is 2.30. The first-order valence-corrected chi connectivity index (χ1v) is 11.6. The van der Waals surface area contributed by atoms with Crippen LogP contribution in [0.5, 0.6) is 0 Å². The fourth-order valence-corrected chi connectivity index (χ4v) is 5.53. The van der Waals surface area contributed by atoms with Crippen LogP contribution in [-0.4, -0.2) is 54.4 Å². The van der Waals surface area contributed by atoms with Gasteiger partial charge in [-0.15, -0.1) is 0 Å². The van der Waals surface area contributed by atoms with Gasteiger partial charge in [0.2, 0.25) is 10.0 Å². The van der Waals surface area contributed by atoms with Gasteiger partial charge in [0.1, 0.15) is 17.1 Å². The molecule has 0 bridgehead atoms. The molecule has 4 rings (SSSR count). The van der Waals surface area contributed by atoms with Gasteiger partial charge in [-0.05, 0) is 30.7 Å². The second-order valence-corrected chi connectivity index (χ2v) is 9.73. The molecule has 0 amide bonds. The van der Waals surface area contributed by atoms with Gasteiger partial charge in [0, 0.05) is 25.5 Å². The fourth-order valence-electron chi connectivity index (χ4n) is 3.30. The lowest BCUT2D eigenvalue weighted by Crippen LogP contribution is -2.40. The third-order valence-corrected chi connectivity index (χ3v) is 7.58. The Hall–Kier alpha value is -2.17. The van der Waals surface area contributed by atoms with Gasteiger partial charge >= 0.3 is 5.97 Å². The fraction of sp³-hybridized carbons (Fsp3) is 0.300. The number of carbonyl (C=O) groups is 1. The number of hydrogen-bond donors (Lipinski definition) is 0. The zero-order valence-electron chi connectivity index (χ0n) is 16.5. The van der Waals surface area contributed by atoms with Crippen molar-refractivity contribution in [3.63, 3.8) is 0 Å². The average molecular weight is 484 g/mol. The van der Waals surface area contributed by atoms with E-state index in [4.69, 9.17) is 32.7 Å². The van der Waals surface area contributed by atoms with E-state index in [1.54, 1.807) is 6.20 Å². The predicted octanol–water partition coefficient (Wildman–Crippen LogP) is 3.33. The predicted molar refractivity (Wildman–Crippen MR) is 115 cm³/mol. The number of benzene rings is 1. The Balaban J connectivity index is 1.57. The summed E-state index contributed by atoms with van der Waals surface area (Å²) < 4.78 is 39.6. The first-order valence-electron chi connectivity index (χ1n) is 9.44. The van der Waals surface area contributed by atoms with Crippen LogP contribution in [0.2, 0.25) is 10.0 Å². The van der Waals surface area contributed by atoms with E-state index in [9.17, 15) is 13.2 Å². The lowest BCUT2D eigenvalue weighted by molar-refractivity contribution is 0.0468. The minimum Gasteiger partial charge on any atom is -0.455 e. The van der Waals surface area contributed by atoms with Crippen molar-refractivity contribution in [3.8, 4) is 0 Å². The minimum atomic E-state index is -3.92. The standard InChI is InChI=1S/C20H19Cl2N3O5S/c1-13-3-2-4-24-11-14(23-19(13)24)12-30-20(26)15-9-18(17(22)10-16(15)21)31(27,28)25-5-7-29-8-6-25/h2-4,9-11H,5-8,12H2,1H3. The highest BCUT2D eigenvalue weighted by atomic mass is 35.5. The van der Waals surface area contributed by atoms with Crippen molar-refractivity contribution >= 4 is 44.8 Å². The van der Waals surface area contributed by atoms with E-state index in [1.165, 1.54) is 10.4 Å². The molecule has 11 heteroatoms. The van der Waals surface area contributed by atoms with E-state index in [2.05, 4.69) is 4.98 Å². The molecule has 0 spiro atoms. The highest BCUT2D eigenvalue weighted by Crippen LogP contribution is 2.31. The molecule has 0 aliphatic carbocycles. The SMILES string of the molecule is Cc1cccn2cc(COC(=O)c3cc(S(=O)(=O)N4CCOCC4)c(Cl)cc3Cl)nc12. The molecule has 3 heterocycles. The summed E-state index contributed by atoms with van der Waals surface area (Å²) in [7, 11) is -3.92. The lowest BCUT2D eigenvalue weighted by Gasteiger charge is -2.26. The van der Waals surface area contributed by atoms with E-state index in [0.29, 0.717) is 5.69 Å². The average Bonchev–Trinajstić information content (AvgIpc) is 3.17. The van der Waals surface area contributed by atoms with E-state index in [-0.39, 0.29) is 53.4 Å². The van der Waals surface area contributed by atoms with Gasteiger partial charge in [-0.3, -0.25) is 0 Å². The number of halogens is 2. The molecule has 8 nitrogen and oxygen atoms in total. The van der Waals surface area contributed by atoms with Crippen LogP contribution in [0.3, 0.4) is 0 Å². The topological polar surface area (TPSA) is 90.2 Å². The maximum atomic E-state index is 13.0. The number of sulfonamides is 1. The minimum absolute atomic E-state index is 0.00164. The second-order valence-electron chi connectivity index (χ2n) is 7.01. The van der Waals surface area contributed by atoms with Gasteiger partial charge < -0.3 is 13.9 Å². The molecule has 31 heavy (non-hydrogen) atoms. The van der Waals surface area contributed by atoms with Crippen LogP contribution in [0.1, 0.15) is 21.6 Å². The quantitative estimate of drug-likeness (QED) is 0.517. The largest absolute Gasteiger partial charge is 0.455 e. The van der Waals surface area contributed by atoms with E-state index in [1.807, 2.05) is 29.7 Å². The van der Waals surface area contributed by atoms with Crippen molar-refractivity contribution in [2.45, 2.75) is 18.4 Å². The van der Waals surface area contributed by atoms with E-state index >= 15 is 0 Å². The molecule has 0 N–H and O–H groups in total. The molecule has 0 atom stereocenters. The molecule has 0 unspecified atom stereocenters. The molecule has 1 fully saturated rings. The highest BCUT2D eigenvalue weighted by molar-refractivity contribution is 7.89. The number of nitrogens with zero attached hydrogens (tertiary/aromatic N) is 3. The number of esters is 1. The molecule has 0 radical (unpaired) electrons. The van der Waals surface area contributed by atoms with Crippen LogP contribution in [0.25, 0.3) is 5.65 Å². The monoisotopic (exact) mass is 483 g/mol. The molecule has 1 aliphatic heterocycles. The molecule has 0 saturated carbocycles. The first-order chi connectivity index (χ1) is 14.8. The number of ether oxygens (including phenoxy) is 2. The summed E-state index contributed by atoms with van der Waals surface area (Å²) in [5.74, 6) is -0.770. The zero-order chi connectivity index (χ0) is 22.2. The summed E-state index contributed by atoms with van der Waals surface area (Å²) >= 11 is 12.3. The van der Waals surface area contributed by atoms with Crippen molar-refractivity contribution in [1.82, 2.24) is 13.7 Å². The number of aryl methyl sites for hydroxylation is 1. The number of carbonyl (C=O) groups excluding carboxylic acids is 1. The van der Waals surface area contributed by atoms with Crippen LogP contribution in [0.4, 0.5) is 0 Å². The summed E-state index contributed by atoms with van der Waals surface area (Å²) in [6.45, 7) is 2.82. The van der Waals surface area contributed by atoms with Crippen molar-refractivity contribution in [3.05, 3.63) is 63.5 Å². The Bertz CT molecular complexity index is 1250. The van der Waals surface area contributed by atoms with Gasteiger partial charge in [-0.25, -0.2) is 18.2 Å². The molecule has 1 aromatic carbocycles. The van der Waals surface area contributed by atoms with Crippen molar-refractivity contribution in [2.24, 2.45) is 0 Å². The Kier molecular flexibility index (Phi) is 6.23. The number of aromatic nitrogens is 2. The summed E-state index contributed by atoms with van der Waals surface area (Å²) in [5.41, 5.74) is 2.21. The lowest BCUT2D eigenvalue weighted by atomic mass is 10.2. The normalized spacial score (nSPS) is 15.3. The molecule has 1 aliphatic rings. The van der Waals surface area contributed by atoms with Crippen LogP contribution < -0.4 is 0 Å². The summed E-state index contributed by atoms with van der Waals surface area (Å²) in [4.78, 5) is 16.9. The van der Waals surface area contributed by atoms with Crippen molar-refractivity contribution < 1.29 is 22.7 Å². The molecule has 3 aromatic rings. The van der Waals surface area contributed by atoms with Gasteiger partial charge in [0.25, 0.3) is 0 Å². The summed E-state index contributed by atoms with van der Waals surface area (Å²) in [6.07, 6.45) is 3.60. The number of morpholine rings is 1.